The number of nitriles is 1. The van der Waals surface area contributed by atoms with Gasteiger partial charge in [-0.05, 0) is 44.2 Å². The van der Waals surface area contributed by atoms with Crippen molar-refractivity contribution in [3.63, 3.8) is 0 Å². The summed E-state index contributed by atoms with van der Waals surface area (Å²) in [5, 5.41) is 14.2. The first-order chi connectivity index (χ1) is 14.6. The molecule has 154 valence electrons. The number of hydrogen-bond donors (Lipinski definition) is 0. The van der Waals surface area contributed by atoms with E-state index in [1.807, 2.05) is 36.7 Å². The maximum absolute atomic E-state index is 9.08. The molecule has 4 rings (SSSR count). The molecular weight excluding hydrogens is 400 g/mol. The fourth-order valence-corrected chi connectivity index (χ4v) is 3.83. The lowest BCUT2D eigenvalue weighted by Crippen LogP contribution is -2.36. The zero-order valence-corrected chi connectivity index (χ0v) is 17.8. The van der Waals surface area contributed by atoms with Crippen LogP contribution in [0.15, 0.2) is 42.5 Å². The van der Waals surface area contributed by atoms with Gasteiger partial charge in [-0.1, -0.05) is 17.7 Å². The Kier molecular flexibility index (Phi) is 5.93. The quantitative estimate of drug-likeness (QED) is 0.608. The van der Waals surface area contributed by atoms with Crippen molar-refractivity contribution in [2.24, 2.45) is 0 Å². The molecule has 0 unspecified atom stereocenters. The predicted molar refractivity (Wildman–Crippen MR) is 117 cm³/mol. The summed E-state index contributed by atoms with van der Waals surface area (Å²) in [6.45, 7) is 7.69. The van der Waals surface area contributed by atoms with Gasteiger partial charge in [-0.25, -0.2) is 4.68 Å². The first-order valence-corrected chi connectivity index (χ1v) is 10.3. The van der Waals surface area contributed by atoms with Crippen LogP contribution in [0.2, 0.25) is 5.02 Å². The lowest BCUT2D eigenvalue weighted by Gasteiger charge is -2.29. The Bertz CT molecular complexity index is 1100. The number of halogens is 1. The Hall–Kier alpha value is -3.01. The van der Waals surface area contributed by atoms with Crippen LogP contribution in [-0.2, 0) is 11.3 Å². The molecule has 0 bridgehead atoms. The Labute approximate surface area is 181 Å². The molecule has 0 N–H and O–H groups in total. The lowest BCUT2D eigenvalue weighted by atomic mass is 10.2. The molecule has 1 aromatic heterocycles. The largest absolute Gasteiger partial charge is 0.489 e. The second-order valence-corrected chi connectivity index (χ2v) is 7.63. The van der Waals surface area contributed by atoms with Gasteiger partial charge in [0.05, 0.1) is 35.2 Å². The second kappa shape index (κ2) is 8.78. The summed E-state index contributed by atoms with van der Waals surface area (Å²) in [7, 11) is 0. The fraction of sp³-hybridized carbons (Fsp3) is 0.304. The van der Waals surface area contributed by atoms with Crippen LogP contribution in [-0.4, -0.2) is 36.1 Å². The van der Waals surface area contributed by atoms with E-state index in [1.54, 1.807) is 12.1 Å². The van der Waals surface area contributed by atoms with Gasteiger partial charge in [0.15, 0.2) is 0 Å². The number of hydrogen-bond acceptors (Lipinski definition) is 5. The third-order valence-corrected chi connectivity index (χ3v) is 5.65. The van der Waals surface area contributed by atoms with Gasteiger partial charge in [0.1, 0.15) is 18.4 Å². The van der Waals surface area contributed by atoms with Crippen molar-refractivity contribution >= 4 is 17.3 Å². The van der Waals surface area contributed by atoms with Crippen molar-refractivity contribution in [3.8, 4) is 17.5 Å². The number of aryl methyl sites for hydroxylation is 1. The van der Waals surface area contributed by atoms with Gasteiger partial charge in [0, 0.05) is 36.1 Å². The molecule has 1 fully saturated rings. The van der Waals surface area contributed by atoms with E-state index in [-0.39, 0.29) is 0 Å². The molecule has 0 aliphatic carbocycles. The zero-order valence-electron chi connectivity index (χ0n) is 17.1. The standard InChI is InChI=1S/C23H23ClN4O2/c1-16-22(17(2)28(26-16)20-7-6-18(14-25)23(24)13-20)15-30-21-5-3-4-19(12-21)27-8-10-29-11-9-27/h3-7,12-13H,8-11,15H2,1-2H3. The summed E-state index contributed by atoms with van der Waals surface area (Å²) in [5.41, 5.74) is 5.33. The van der Waals surface area contributed by atoms with Gasteiger partial charge in [-0.15, -0.1) is 0 Å². The van der Waals surface area contributed by atoms with Crippen LogP contribution in [0.5, 0.6) is 5.75 Å². The van der Waals surface area contributed by atoms with E-state index < -0.39 is 0 Å². The average Bonchev–Trinajstić information content (AvgIpc) is 3.06. The lowest BCUT2D eigenvalue weighted by molar-refractivity contribution is 0.122. The highest BCUT2D eigenvalue weighted by atomic mass is 35.5. The molecule has 7 heteroatoms. The molecule has 0 radical (unpaired) electrons. The molecule has 30 heavy (non-hydrogen) atoms. The van der Waals surface area contributed by atoms with Crippen LogP contribution in [0.3, 0.4) is 0 Å². The Morgan fingerprint density at radius 1 is 1.13 bits per heavy atom. The van der Waals surface area contributed by atoms with Crippen molar-refractivity contribution < 1.29 is 9.47 Å². The molecule has 1 saturated heterocycles. The van der Waals surface area contributed by atoms with E-state index in [2.05, 4.69) is 28.2 Å². The maximum Gasteiger partial charge on any atom is 0.121 e. The first kappa shape index (κ1) is 20.3. The normalized spacial score (nSPS) is 13.9. The van der Waals surface area contributed by atoms with E-state index in [1.165, 1.54) is 0 Å². The number of morpholine rings is 1. The summed E-state index contributed by atoms with van der Waals surface area (Å²) in [6, 6.07) is 15.6. The van der Waals surface area contributed by atoms with Crippen LogP contribution in [0.1, 0.15) is 22.5 Å². The zero-order chi connectivity index (χ0) is 21.1. The molecule has 0 spiro atoms. The third-order valence-electron chi connectivity index (χ3n) is 5.34. The molecule has 0 saturated carbocycles. The molecule has 2 aromatic carbocycles. The summed E-state index contributed by atoms with van der Waals surface area (Å²) in [4.78, 5) is 2.31. The smallest absolute Gasteiger partial charge is 0.121 e. The SMILES string of the molecule is Cc1nn(-c2ccc(C#N)c(Cl)c2)c(C)c1COc1cccc(N2CCOCC2)c1. The van der Waals surface area contributed by atoms with E-state index in [0.717, 1.165) is 60.4 Å². The van der Waals surface area contributed by atoms with Gasteiger partial charge in [0.25, 0.3) is 0 Å². The van der Waals surface area contributed by atoms with E-state index in [4.69, 9.17) is 26.3 Å². The van der Waals surface area contributed by atoms with E-state index >= 15 is 0 Å². The van der Waals surface area contributed by atoms with Crippen molar-refractivity contribution in [1.29, 1.82) is 5.26 Å². The van der Waals surface area contributed by atoms with Crippen LogP contribution >= 0.6 is 11.6 Å². The molecule has 0 atom stereocenters. The highest BCUT2D eigenvalue weighted by Crippen LogP contribution is 2.26. The minimum atomic E-state index is 0.417. The van der Waals surface area contributed by atoms with Gasteiger partial charge in [-0.3, -0.25) is 0 Å². The molecule has 3 aromatic rings. The first-order valence-electron chi connectivity index (χ1n) is 9.87. The van der Waals surface area contributed by atoms with E-state index in [9.17, 15) is 0 Å². The Morgan fingerprint density at radius 2 is 1.93 bits per heavy atom. The van der Waals surface area contributed by atoms with Gasteiger partial charge < -0.3 is 14.4 Å². The van der Waals surface area contributed by atoms with Crippen molar-refractivity contribution in [2.75, 3.05) is 31.2 Å². The van der Waals surface area contributed by atoms with Crippen molar-refractivity contribution in [2.45, 2.75) is 20.5 Å². The summed E-state index contributed by atoms with van der Waals surface area (Å²) < 4.78 is 13.4. The predicted octanol–water partition coefficient (Wildman–Crippen LogP) is 4.43. The minimum Gasteiger partial charge on any atom is -0.489 e. The monoisotopic (exact) mass is 422 g/mol. The molecule has 6 nitrogen and oxygen atoms in total. The Balaban J connectivity index is 1.52. The third kappa shape index (κ3) is 4.13. The van der Waals surface area contributed by atoms with E-state index in [0.29, 0.717) is 17.2 Å². The summed E-state index contributed by atoms with van der Waals surface area (Å²) in [6.07, 6.45) is 0. The Morgan fingerprint density at radius 3 is 2.67 bits per heavy atom. The van der Waals surface area contributed by atoms with Crippen LogP contribution in [0.4, 0.5) is 5.69 Å². The molecule has 1 aliphatic heterocycles. The fourth-order valence-electron chi connectivity index (χ4n) is 3.61. The van der Waals surface area contributed by atoms with Crippen LogP contribution in [0.25, 0.3) is 5.69 Å². The van der Waals surface area contributed by atoms with Crippen LogP contribution < -0.4 is 9.64 Å². The average molecular weight is 423 g/mol. The molecule has 1 aliphatic rings. The molecule has 2 heterocycles. The number of rotatable bonds is 5. The maximum atomic E-state index is 9.08. The molecule has 0 amide bonds. The second-order valence-electron chi connectivity index (χ2n) is 7.22. The molecular formula is C23H23ClN4O2. The topological polar surface area (TPSA) is 63.3 Å². The van der Waals surface area contributed by atoms with Crippen molar-refractivity contribution in [1.82, 2.24) is 9.78 Å². The van der Waals surface area contributed by atoms with Crippen LogP contribution in [0, 0.1) is 25.2 Å². The highest BCUT2D eigenvalue weighted by Gasteiger charge is 2.16. The van der Waals surface area contributed by atoms with Gasteiger partial charge in [-0.2, -0.15) is 10.4 Å². The minimum absolute atomic E-state index is 0.417. The number of benzene rings is 2. The summed E-state index contributed by atoms with van der Waals surface area (Å²) in [5.74, 6) is 0.826. The number of aromatic nitrogens is 2. The highest BCUT2D eigenvalue weighted by molar-refractivity contribution is 6.31. The number of ether oxygens (including phenoxy) is 2. The number of nitrogens with zero attached hydrogens (tertiary/aromatic N) is 4. The van der Waals surface area contributed by atoms with Gasteiger partial charge in [0.2, 0.25) is 0 Å². The summed E-state index contributed by atoms with van der Waals surface area (Å²) >= 11 is 6.20. The van der Waals surface area contributed by atoms with Gasteiger partial charge >= 0.3 is 0 Å². The number of anilines is 1. The van der Waals surface area contributed by atoms with Crippen molar-refractivity contribution in [3.05, 3.63) is 70.0 Å².